The van der Waals surface area contributed by atoms with Crippen LogP contribution < -0.4 is 4.74 Å². The third-order valence-electron chi connectivity index (χ3n) is 5.96. The maximum Gasteiger partial charge on any atom is 0.257 e. The van der Waals surface area contributed by atoms with E-state index < -0.39 is 11.0 Å². The van der Waals surface area contributed by atoms with Crippen molar-refractivity contribution in [3.63, 3.8) is 0 Å². The van der Waals surface area contributed by atoms with Crippen molar-refractivity contribution in [1.82, 2.24) is 4.90 Å². The maximum absolute atomic E-state index is 13.2. The Hall–Kier alpha value is -1.59. The van der Waals surface area contributed by atoms with Crippen LogP contribution >= 0.6 is 0 Å². The lowest BCUT2D eigenvalue weighted by Crippen LogP contribution is -2.60. The minimum atomic E-state index is -0.916. The highest BCUT2D eigenvalue weighted by Crippen LogP contribution is 2.40. The lowest BCUT2D eigenvalue weighted by molar-refractivity contribution is -0.144. The number of benzene rings is 1. The van der Waals surface area contributed by atoms with Gasteiger partial charge < -0.3 is 19.5 Å². The highest BCUT2D eigenvalue weighted by molar-refractivity contribution is 5.97. The second-order valence-corrected chi connectivity index (χ2v) is 8.00. The van der Waals surface area contributed by atoms with Crippen LogP contribution in [0.25, 0.3) is 0 Å². The van der Waals surface area contributed by atoms with Gasteiger partial charge in [-0.2, -0.15) is 0 Å². The van der Waals surface area contributed by atoms with Crippen LogP contribution in [0.2, 0.25) is 0 Å². The van der Waals surface area contributed by atoms with E-state index in [1.807, 2.05) is 30.9 Å². The fraction of sp³-hybridized carbons (Fsp3) is 0.650. The van der Waals surface area contributed by atoms with E-state index in [-0.39, 0.29) is 12.5 Å². The summed E-state index contributed by atoms with van der Waals surface area (Å²) in [5.41, 5.74) is 1.83. The van der Waals surface area contributed by atoms with Crippen LogP contribution in [0.4, 0.5) is 0 Å². The molecule has 0 bridgehead atoms. The zero-order valence-electron chi connectivity index (χ0n) is 15.7. The minimum absolute atomic E-state index is 0.0147. The van der Waals surface area contributed by atoms with Crippen LogP contribution in [0.3, 0.4) is 0 Å². The quantitative estimate of drug-likeness (QED) is 0.909. The molecular weight excluding hydrogens is 318 g/mol. The Morgan fingerprint density at radius 3 is 2.52 bits per heavy atom. The average molecular weight is 347 g/mol. The van der Waals surface area contributed by atoms with Crippen LogP contribution in [0.5, 0.6) is 5.75 Å². The first-order valence-electron chi connectivity index (χ1n) is 9.02. The smallest absolute Gasteiger partial charge is 0.257 e. The summed E-state index contributed by atoms with van der Waals surface area (Å²) in [6, 6.07) is 4.03. The summed E-state index contributed by atoms with van der Waals surface area (Å²) in [6.45, 7) is 5.27. The number of ether oxygens (including phenoxy) is 2. The number of hydrogen-bond donors (Lipinski definition) is 1. The van der Waals surface area contributed by atoms with Crippen molar-refractivity contribution < 1.29 is 19.4 Å². The van der Waals surface area contributed by atoms with Gasteiger partial charge in [0.15, 0.2) is 0 Å². The third-order valence-corrected chi connectivity index (χ3v) is 5.96. The van der Waals surface area contributed by atoms with Gasteiger partial charge in [0.05, 0.1) is 24.9 Å². The highest BCUT2D eigenvalue weighted by atomic mass is 16.5. The van der Waals surface area contributed by atoms with Crippen LogP contribution in [0.15, 0.2) is 12.1 Å². The highest BCUT2D eigenvalue weighted by Gasteiger charge is 2.48. The molecule has 1 aromatic carbocycles. The Kier molecular flexibility index (Phi) is 4.82. The largest absolute Gasteiger partial charge is 0.496 e. The normalized spacial score (nSPS) is 24.9. The molecule has 1 saturated heterocycles. The molecule has 0 aromatic heterocycles. The van der Waals surface area contributed by atoms with Gasteiger partial charge in [-0.25, -0.2) is 0 Å². The molecule has 1 aromatic rings. The first-order valence-corrected chi connectivity index (χ1v) is 9.02. The van der Waals surface area contributed by atoms with Gasteiger partial charge in [0.25, 0.3) is 5.91 Å². The Morgan fingerprint density at radius 1 is 1.24 bits per heavy atom. The molecule has 5 heteroatoms. The van der Waals surface area contributed by atoms with Gasteiger partial charge >= 0.3 is 0 Å². The number of carbonyl (C=O) groups is 1. The van der Waals surface area contributed by atoms with Crippen molar-refractivity contribution in [2.45, 2.75) is 45.1 Å². The van der Waals surface area contributed by atoms with Crippen LogP contribution in [-0.2, 0) is 17.6 Å². The van der Waals surface area contributed by atoms with Crippen LogP contribution in [0.1, 0.15) is 48.2 Å². The number of likely N-dealkylation sites (tertiary alicyclic amines) is 1. The van der Waals surface area contributed by atoms with Gasteiger partial charge in [0.2, 0.25) is 0 Å². The molecule has 1 atom stereocenters. The van der Waals surface area contributed by atoms with Gasteiger partial charge in [-0.15, -0.1) is 0 Å². The topological polar surface area (TPSA) is 59.0 Å². The molecule has 1 N–H and O–H groups in total. The molecule has 25 heavy (non-hydrogen) atoms. The van der Waals surface area contributed by atoms with E-state index in [4.69, 9.17) is 9.47 Å². The first-order chi connectivity index (χ1) is 11.8. The van der Waals surface area contributed by atoms with Crippen LogP contribution in [-0.4, -0.2) is 55.4 Å². The molecule has 0 radical (unpaired) electrons. The second kappa shape index (κ2) is 6.61. The van der Waals surface area contributed by atoms with Gasteiger partial charge in [0.1, 0.15) is 5.75 Å². The Bertz CT molecular complexity index is 670. The molecule has 0 saturated carbocycles. The maximum atomic E-state index is 13.2. The number of hydrogen-bond acceptors (Lipinski definition) is 4. The first kappa shape index (κ1) is 18.2. The SMILES string of the molecule is COCC1(O)CCN(C(=O)c2cc3c(cc2OC)CCC3)CC1(C)C. The second-order valence-electron chi connectivity index (χ2n) is 8.00. The van der Waals surface area contributed by atoms with E-state index in [2.05, 4.69) is 0 Å². The molecule has 3 rings (SSSR count). The summed E-state index contributed by atoms with van der Waals surface area (Å²) in [6.07, 6.45) is 3.73. The van der Waals surface area contributed by atoms with E-state index in [0.717, 1.165) is 19.3 Å². The summed E-state index contributed by atoms with van der Waals surface area (Å²) in [5.74, 6) is 0.639. The minimum Gasteiger partial charge on any atom is -0.496 e. The van der Waals surface area contributed by atoms with Gasteiger partial charge in [-0.3, -0.25) is 4.79 Å². The Labute approximate surface area is 149 Å². The third kappa shape index (κ3) is 3.15. The summed E-state index contributed by atoms with van der Waals surface area (Å²) in [5, 5.41) is 10.9. The van der Waals surface area contributed by atoms with Crippen molar-refractivity contribution in [1.29, 1.82) is 0 Å². The molecule has 1 unspecified atom stereocenters. The monoisotopic (exact) mass is 347 g/mol. The van der Waals surface area contributed by atoms with Gasteiger partial charge in [-0.05, 0) is 48.9 Å². The number of amides is 1. The molecule has 1 amide bonds. The number of fused-ring (bicyclic) bond motifs is 1. The lowest BCUT2D eigenvalue weighted by atomic mass is 9.70. The molecule has 1 fully saturated rings. The predicted octanol–water partition coefficient (Wildman–Crippen LogP) is 2.43. The molecule has 5 nitrogen and oxygen atoms in total. The van der Waals surface area contributed by atoms with Crippen molar-refractivity contribution >= 4 is 5.91 Å². The van der Waals surface area contributed by atoms with E-state index >= 15 is 0 Å². The fourth-order valence-electron chi connectivity index (χ4n) is 4.15. The van der Waals surface area contributed by atoms with Gasteiger partial charge in [0, 0.05) is 25.6 Å². The summed E-state index contributed by atoms with van der Waals surface area (Å²) in [7, 11) is 3.21. The predicted molar refractivity (Wildman–Crippen MR) is 96.1 cm³/mol. The van der Waals surface area contributed by atoms with E-state index in [1.165, 1.54) is 11.1 Å². The van der Waals surface area contributed by atoms with Gasteiger partial charge in [-0.1, -0.05) is 13.8 Å². The number of piperidine rings is 1. The molecule has 2 aliphatic rings. The van der Waals surface area contributed by atoms with Crippen molar-refractivity contribution in [3.8, 4) is 5.75 Å². The van der Waals surface area contributed by atoms with Crippen molar-refractivity contribution in [2.24, 2.45) is 5.41 Å². The number of rotatable bonds is 4. The molecule has 1 aliphatic carbocycles. The van der Waals surface area contributed by atoms with E-state index in [0.29, 0.717) is 30.8 Å². The lowest BCUT2D eigenvalue weighted by Gasteiger charge is -2.50. The summed E-state index contributed by atoms with van der Waals surface area (Å²) < 4.78 is 10.7. The number of aryl methyl sites for hydroxylation is 2. The zero-order chi connectivity index (χ0) is 18.2. The number of nitrogens with zero attached hydrogens (tertiary/aromatic N) is 1. The average Bonchev–Trinajstić information content (AvgIpc) is 3.03. The number of aliphatic hydroxyl groups is 1. The zero-order valence-corrected chi connectivity index (χ0v) is 15.7. The fourth-order valence-corrected chi connectivity index (χ4v) is 4.15. The number of carbonyl (C=O) groups excluding carboxylic acids is 1. The summed E-state index contributed by atoms with van der Waals surface area (Å²) in [4.78, 5) is 15.0. The molecule has 1 heterocycles. The van der Waals surface area contributed by atoms with E-state index in [9.17, 15) is 9.90 Å². The summed E-state index contributed by atoms with van der Waals surface area (Å²) >= 11 is 0. The van der Waals surface area contributed by atoms with E-state index in [1.54, 1.807) is 14.2 Å². The molecular formula is C20H29NO4. The molecule has 138 valence electrons. The molecule has 0 spiro atoms. The van der Waals surface area contributed by atoms with Crippen LogP contribution in [0, 0.1) is 5.41 Å². The van der Waals surface area contributed by atoms with Crippen molar-refractivity contribution in [3.05, 3.63) is 28.8 Å². The Morgan fingerprint density at radius 2 is 1.92 bits per heavy atom. The Balaban J connectivity index is 1.85. The van der Waals surface area contributed by atoms with Crippen molar-refractivity contribution in [2.75, 3.05) is 33.9 Å². The molecule has 1 aliphatic heterocycles. The number of methoxy groups -OCH3 is 2. The standard InChI is InChI=1S/C20H29NO4/c1-19(2)12-21(9-8-20(19,23)13-24-3)18(22)16-10-14-6-5-7-15(14)11-17(16)25-4/h10-11,23H,5-9,12-13H2,1-4H3.